The number of fused-ring (bicyclic) bond motifs is 1. The van der Waals surface area contributed by atoms with E-state index in [4.69, 9.17) is 11.6 Å². The van der Waals surface area contributed by atoms with Crippen molar-refractivity contribution in [2.75, 3.05) is 6.54 Å². The van der Waals surface area contributed by atoms with Crippen molar-refractivity contribution in [1.82, 2.24) is 15.6 Å². The molecule has 1 aromatic heterocycles. The van der Waals surface area contributed by atoms with Crippen LogP contribution in [0.4, 0.5) is 0 Å². The van der Waals surface area contributed by atoms with E-state index in [1.807, 2.05) is 12.1 Å². The van der Waals surface area contributed by atoms with Gasteiger partial charge in [-0.2, -0.15) is 0 Å². The highest BCUT2D eigenvalue weighted by molar-refractivity contribution is 6.30. The minimum absolute atomic E-state index is 0.0381. The Morgan fingerprint density at radius 3 is 2.81 bits per heavy atom. The highest BCUT2D eigenvalue weighted by Crippen LogP contribution is 2.21. The first-order valence-corrected chi connectivity index (χ1v) is 7.14. The number of para-hydroxylation sites is 1. The molecule has 2 amide bonds. The molecule has 0 atom stereocenters. The van der Waals surface area contributed by atoms with Gasteiger partial charge in [-0.1, -0.05) is 29.8 Å². The van der Waals surface area contributed by atoms with Gasteiger partial charge in [-0.25, -0.2) is 4.98 Å². The van der Waals surface area contributed by atoms with Crippen LogP contribution >= 0.6 is 11.6 Å². The number of aromatic nitrogens is 1. The van der Waals surface area contributed by atoms with Crippen molar-refractivity contribution < 1.29 is 9.59 Å². The monoisotopic (exact) mass is 303 g/mol. The zero-order valence-corrected chi connectivity index (χ0v) is 12.0. The van der Waals surface area contributed by atoms with E-state index in [-0.39, 0.29) is 29.6 Å². The van der Waals surface area contributed by atoms with Crippen LogP contribution in [-0.4, -0.2) is 29.4 Å². The van der Waals surface area contributed by atoms with Crippen LogP contribution in [0, 0.1) is 0 Å². The number of rotatable bonds is 4. The van der Waals surface area contributed by atoms with Crippen molar-refractivity contribution >= 4 is 34.3 Å². The van der Waals surface area contributed by atoms with Gasteiger partial charge in [-0.15, -0.1) is 0 Å². The Morgan fingerprint density at radius 2 is 2.05 bits per heavy atom. The summed E-state index contributed by atoms with van der Waals surface area (Å²) >= 11 is 5.94. The van der Waals surface area contributed by atoms with Crippen molar-refractivity contribution in [3.8, 4) is 0 Å². The Kier molecular flexibility index (Phi) is 3.75. The van der Waals surface area contributed by atoms with E-state index in [2.05, 4.69) is 15.6 Å². The first-order chi connectivity index (χ1) is 10.1. The Hall–Kier alpha value is -2.14. The summed E-state index contributed by atoms with van der Waals surface area (Å²) in [7, 11) is 0. The van der Waals surface area contributed by atoms with E-state index in [1.54, 1.807) is 12.1 Å². The number of nitrogens with zero attached hydrogens (tertiary/aromatic N) is 1. The standard InChI is InChI=1S/C15H14ClN3O2/c16-13-7-11(10-3-1-2-4-12(10)19-13)15(21)17-8-14(20)18-9-5-6-9/h1-4,7,9H,5-6,8H2,(H,17,21)(H,18,20). The molecule has 1 aliphatic rings. The zero-order valence-electron chi connectivity index (χ0n) is 11.2. The fraction of sp³-hybridized carbons (Fsp3) is 0.267. The van der Waals surface area contributed by atoms with Gasteiger partial charge in [0.1, 0.15) is 5.15 Å². The van der Waals surface area contributed by atoms with E-state index in [9.17, 15) is 9.59 Å². The minimum atomic E-state index is -0.332. The number of hydrogen-bond donors (Lipinski definition) is 2. The summed E-state index contributed by atoms with van der Waals surface area (Å²) in [5.41, 5.74) is 1.07. The summed E-state index contributed by atoms with van der Waals surface area (Å²) in [5.74, 6) is -0.503. The molecule has 108 valence electrons. The maximum Gasteiger partial charge on any atom is 0.252 e. The normalized spacial score (nSPS) is 14.0. The number of carbonyl (C=O) groups is 2. The Morgan fingerprint density at radius 1 is 1.29 bits per heavy atom. The SMILES string of the molecule is O=C(CNC(=O)c1cc(Cl)nc2ccccc12)NC1CC1. The predicted molar refractivity (Wildman–Crippen MR) is 80.3 cm³/mol. The molecule has 0 bridgehead atoms. The molecule has 3 rings (SSSR count). The molecule has 1 aromatic carbocycles. The average molecular weight is 304 g/mol. The molecular formula is C15H14ClN3O2. The Balaban J connectivity index is 1.75. The molecule has 1 heterocycles. The van der Waals surface area contributed by atoms with Gasteiger partial charge < -0.3 is 10.6 Å². The van der Waals surface area contributed by atoms with Crippen LogP contribution in [0.2, 0.25) is 5.15 Å². The van der Waals surface area contributed by atoms with E-state index in [0.717, 1.165) is 12.8 Å². The summed E-state index contributed by atoms with van der Waals surface area (Å²) < 4.78 is 0. The van der Waals surface area contributed by atoms with Crippen LogP contribution in [-0.2, 0) is 4.79 Å². The van der Waals surface area contributed by atoms with E-state index in [1.165, 1.54) is 6.07 Å². The van der Waals surface area contributed by atoms with E-state index in [0.29, 0.717) is 16.5 Å². The molecule has 1 aliphatic carbocycles. The van der Waals surface area contributed by atoms with Crippen molar-refractivity contribution in [3.63, 3.8) is 0 Å². The molecule has 0 saturated heterocycles. The van der Waals surface area contributed by atoms with Gasteiger partial charge in [0.15, 0.2) is 0 Å². The Labute approximate surface area is 126 Å². The zero-order chi connectivity index (χ0) is 14.8. The number of hydrogen-bond acceptors (Lipinski definition) is 3. The van der Waals surface area contributed by atoms with Gasteiger partial charge in [-0.05, 0) is 25.0 Å². The second-order valence-corrected chi connectivity index (χ2v) is 5.42. The van der Waals surface area contributed by atoms with Gasteiger partial charge >= 0.3 is 0 Å². The second-order valence-electron chi connectivity index (χ2n) is 5.03. The van der Waals surface area contributed by atoms with Crippen LogP contribution in [0.5, 0.6) is 0 Å². The fourth-order valence-electron chi connectivity index (χ4n) is 2.09. The van der Waals surface area contributed by atoms with Crippen LogP contribution in [0.15, 0.2) is 30.3 Å². The van der Waals surface area contributed by atoms with Crippen LogP contribution in [0.3, 0.4) is 0 Å². The summed E-state index contributed by atoms with van der Waals surface area (Å²) in [6.45, 7) is -0.0381. The third-order valence-corrected chi connectivity index (χ3v) is 3.48. The lowest BCUT2D eigenvalue weighted by Crippen LogP contribution is -2.37. The highest BCUT2D eigenvalue weighted by Gasteiger charge is 2.23. The molecule has 5 nitrogen and oxygen atoms in total. The Bertz CT molecular complexity index is 713. The molecule has 0 spiro atoms. The third kappa shape index (κ3) is 3.31. The number of nitrogens with one attached hydrogen (secondary N) is 2. The van der Waals surface area contributed by atoms with Crippen molar-refractivity contribution in [3.05, 3.63) is 41.0 Å². The lowest BCUT2D eigenvalue weighted by Gasteiger charge is -2.08. The summed E-state index contributed by atoms with van der Waals surface area (Å²) in [6.07, 6.45) is 2.04. The minimum Gasteiger partial charge on any atom is -0.352 e. The summed E-state index contributed by atoms with van der Waals surface area (Å²) in [5, 5.41) is 6.39. The number of benzene rings is 1. The fourth-order valence-corrected chi connectivity index (χ4v) is 2.29. The topological polar surface area (TPSA) is 71.1 Å². The van der Waals surface area contributed by atoms with Gasteiger partial charge in [0, 0.05) is 11.4 Å². The van der Waals surface area contributed by atoms with Crippen molar-refractivity contribution in [2.24, 2.45) is 0 Å². The van der Waals surface area contributed by atoms with Crippen molar-refractivity contribution in [2.45, 2.75) is 18.9 Å². The molecule has 0 radical (unpaired) electrons. The predicted octanol–water partition coefficient (Wildman–Crippen LogP) is 1.90. The molecule has 2 aromatic rings. The molecule has 1 saturated carbocycles. The summed E-state index contributed by atoms with van der Waals surface area (Å²) in [4.78, 5) is 28.0. The molecular weight excluding hydrogens is 290 g/mol. The lowest BCUT2D eigenvalue weighted by atomic mass is 10.1. The number of carbonyl (C=O) groups excluding carboxylic acids is 2. The molecule has 0 aliphatic heterocycles. The van der Waals surface area contributed by atoms with Crippen LogP contribution in [0.25, 0.3) is 10.9 Å². The molecule has 0 unspecified atom stereocenters. The van der Waals surface area contributed by atoms with E-state index < -0.39 is 0 Å². The van der Waals surface area contributed by atoms with Gasteiger partial charge in [0.2, 0.25) is 5.91 Å². The van der Waals surface area contributed by atoms with Crippen LogP contribution < -0.4 is 10.6 Å². The molecule has 6 heteroatoms. The molecule has 1 fully saturated rings. The van der Waals surface area contributed by atoms with Gasteiger partial charge in [-0.3, -0.25) is 9.59 Å². The molecule has 2 N–H and O–H groups in total. The maximum absolute atomic E-state index is 12.2. The third-order valence-electron chi connectivity index (χ3n) is 3.28. The first-order valence-electron chi connectivity index (χ1n) is 6.76. The van der Waals surface area contributed by atoms with E-state index >= 15 is 0 Å². The number of halogens is 1. The van der Waals surface area contributed by atoms with Crippen molar-refractivity contribution in [1.29, 1.82) is 0 Å². The first kappa shape index (κ1) is 13.8. The molecule has 21 heavy (non-hydrogen) atoms. The van der Waals surface area contributed by atoms with Gasteiger partial charge in [0.05, 0.1) is 17.6 Å². The number of amides is 2. The largest absolute Gasteiger partial charge is 0.352 e. The summed E-state index contributed by atoms with van der Waals surface area (Å²) in [6, 6.07) is 9.05. The average Bonchev–Trinajstić information content (AvgIpc) is 3.27. The second kappa shape index (κ2) is 5.69. The number of pyridine rings is 1. The smallest absolute Gasteiger partial charge is 0.252 e. The maximum atomic E-state index is 12.2. The highest BCUT2D eigenvalue weighted by atomic mass is 35.5. The quantitative estimate of drug-likeness (QED) is 0.847. The lowest BCUT2D eigenvalue weighted by molar-refractivity contribution is -0.120. The van der Waals surface area contributed by atoms with Crippen LogP contribution in [0.1, 0.15) is 23.2 Å². The van der Waals surface area contributed by atoms with Gasteiger partial charge in [0.25, 0.3) is 5.91 Å².